The molecule has 7 rings (SSSR count). The lowest BCUT2D eigenvalue weighted by atomic mass is 9.12. The third kappa shape index (κ3) is 8.06. The van der Waals surface area contributed by atoms with Gasteiger partial charge in [-0.2, -0.15) is 4.57 Å². The molecule has 0 bridgehead atoms. The highest BCUT2D eigenvalue weighted by molar-refractivity contribution is 7.90. The van der Waals surface area contributed by atoms with Crippen molar-refractivity contribution in [2.24, 2.45) is 0 Å². The summed E-state index contributed by atoms with van der Waals surface area (Å²) in [5, 5.41) is 2.18. The standard InChI is InChI=1S/C24BF20.C18H16NO3S/c26-5-1(6(27)14(35)21(42)13(5)34)25(2-7(28)15(36)22(43)16(37)8(2)29,3-9(30)17(38)23(44)18(39)10(3)31)4-11(32)19(40)24(45)20(41)12(4)33;1-23(21,22)17-8-6-15(7-9-17)18(20)13-19-11-10-14-4-2-3-5-16(14)12-19/h;2-12H,13H2,1H3/q-1;+1. The van der Waals surface area contributed by atoms with Crippen LogP contribution in [0.5, 0.6) is 0 Å². The Balaban J connectivity index is 0.000000276. The minimum absolute atomic E-state index is 0.0645. The molecule has 0 aliphatic carbocycles. The SMILES string of the molecule is CS(=O)(=O)c1ccc(C(=O)C[n+]2ccc3ccccc3c2)cc1.Fc1c(F)c(F)c([B-](c2c(F)c(F)c(F)c(F)c2F)(c2c(F)c(F)c(F)c(F)c2F)c2c(F)c(F)c(F)c(F)c2F)c(F)c1F. The first-order valence-electron chi connectivity index (χ1n) is 18.1. The number of hydrogen-bond acceptors (Lipinski definition) is 3. The molecule has 26 heteroatoms. The summed E-state index contributed by atoms with van der Waals surface area (Å²) in [5.41, 5.74) is -13.8. The molecule has 0 spiro atoms. The van der Waals surface area contributed by atoms with Gasteiger partial charge < -0.3 is 0 Å². The van der Waals surface area contributed by atoms with Crippen LogP contribution in [0.15, 0.2) is 71.9 Å². The molecule has 4 nitrogen and oxygen atoms in total. The number of fused-ring (bicyclic) bond motifs is 1. The summed E-state index contributed by atoms with van der Waals surface area (Å²) in [4.78, 5) is 12.6. The topological polar surface area (TPSA) is 55.1 Å². The summed E-state index contributed by atoms with van der Waals surface area (Å²) in [6, 6.07) is 16.0. The normalized spacial score (nSPS) is 11.8. The van der Waals surface area contributed by atoms with E-state index in [0.29, 0.717) is 5.56 Å². The van der Waals surface area contributed by atoms with E-state index >= 15 is 35.1 Å². The fraction of sp³-hybridized carbons (Fsp3) is 0.0476. The van der Waals surface area contributed by atoms with Crippen molar-refractivity contribution in [2.75, 3.05) is 6.26 Å². The molecular weight excluding hydrogens is 989 g/mol. The Bertz CT molecular complexity index is 2990. The van der Waals surface area contributed by atoms with Crippen LogP contribution in [0.1, 0.15) is 10.4 Å². The molecule has 0 atom stereocenters. The van der Waals surface area contributed by atoms with Gasteiger partial charge in [-0.3, -0.25) is 4.79 Å². The fourth-order valence-electron chi connectivity index (χ4n) is 7.30. The zero-order chi connectivity index (χ0) is 50.8. The number of sulfone groups is 1. The second kappa shape index (κ2) is 18.3. The van der Waals surface area contributed by atoms with Gasteiger partial charge in [-0.05, 0) is 35.7 Å². The van der Waals surface area contributed by atoms with E-state index in [1.807, 2.05) is 47.3 Å². The molecule has 0 saturated carbocycles. The molecule has 68 heavy (non-hydrogen) atoms. The molecule has 0 aliphatic heterocycles. The fourth-order valence-corrected chi connectivity index (χ4v) is 7.93. The summed E-state index contributed by atoms with van der Waals surface area (Å²) in [5.74, 6) is -71.5. The molecule has 7 aromatic rings. The number of ketones is 1. The Morgan fingerprint density at radius 3 is 0.985 bits per heavy atom. The molecule has 0 radical (unpaired) electrons. The Labute approximate surface area is 366 Å². The summed E-state index contributed by atoms with van der Waals surface area (Å²) < 4.78 is 319. The maximum atomic E-state index is 15.4. The maximum absolute atomic E-state index is 15.4. The number of halogens is 20. The zero-order valence-electron chi connectivity index (χ0n) is 32.8. The van der Waals surface area contributed by atoms with Crippen molar-refractivity contribution in [3.05, 3.63) is 189 Å². The van der Waals surface area contributed by atoms with Gasteiger partial charge in [0.1, 0.15) is 52.7 Å². The number of pyridine rings is 1. The van der Waals surface area contributed by atoms with Gasteiger partial charge in [0.25, 0.3) is 0 Å². The van der Waals surface area contributed by atoms with E-state index < -0.39 is 154 Å². The first kappa shape index (κ1) is 50.4. The number of nitrogens with zero attached hydrogens (tertiary/aromatic N) is 1. The quantitative estimate of drug-likeness (QED) is 0.0385. The Morgan fingerprint density at radius 1 is 0.412 bits per heavy atom. The lowest BCUT2D eigenvalue weighted by Crippen LogP contribution is -2.81. The van der Waals surface area contributed by atoms with Crippen LogP contribution < -0.4 is 26.4 Å². The largest absolute Gasteiger partial charge is 0.287 e. The molecule has 0 saturated heterocycles. The number of hydrogen-bond donors (Lipinski definition) is 0. The van der Waals surface area contributed by atoms with Crippen LogP contribution in [-0.4, -0.2) is 26.6 Å². The highest BCUT2D eigenvalue weighted by atomic mass is 32.2. The molecule has 6 aromatic carbocycles. The predicted octanol–water partition coefficient (Wildman–Crippen LogP) is 8.26. The molecule has 356 valence electrons. The van der Waals surface area contributed by atoms with E-state index in [2.05, 4.69) is 0 Å². The molecule has 1 heterocycles. The highest BCUT2D eigenvalue weighted by Crippen LogP contribution is 2.31. The van der Waals surface area contributed by atoms with Crippen LogP contribution in [0, 0.1) is 116 Å². The van der Waals surface area contributed by atoms with Crippen LogP contribution >= 0.6 is 0 Å². The van der Waals surface area contributed by atoms with E-state index in [9.17, 15) is 65.9 Å². The van der Waals surface area contributed by atoms with Gasteiger partial charge in [0.05, 0.1) is 4.90 Å². The molecule has 0 amide bonds. The van der Waals surface area contributed by atoms with Gasteiger partial charge in [-0.1, -0.05) is 18.2 Å². The van der Waals surface area contributed by atoms with Crippen LogP contribution in [0.3, 0.4) is 0 Å². The second-order valence-corrected chi connectivity index (χ2v) is 16.3. The molecule has 1 aromatic heterocycles. The van der Waals surface area contributed by atoms with E-state index in [1.54, 1.807) is 12.1 Å². The van der Waals surface area contributed by atoms with Gasteiger partial charge in [0, 0.05) is 23.3 Å². The average Bonchev–Trinajstić information content (AvgIpc) is 3.31. The molecular formula is C42H16BF20NO3S. The Kier molecular flexibility index (Phi) is 13.5. The molecule has 0 fully saturated rings. The van der Waals surface area contributed by atoms with Gasteiger partial charge in [0.15, 0.2) is 92.0 Å². The number of aromatic nitrogens is 1. The van der Waals surface area contributed by atoms with Crippen LogP contribution in [0.2, 0.25) is 0 Å². The van der Waals surface area contributed by atoms with Crippen molar-refractivity contribution in [1.29, 1.82) is 0 Å². The molecule has 0 unspecified atom stereocenters. The predicted molar refractivity (Wildman–Crippen MR) is 197 cm³/mol. The van der Waals surface area contributed by atoms with Crippen LogP contribution in [0.4, 0.5) is 87.8 Å². The number of carbonyl (C=O) groups excluding carboxylic acids is 1. The lowest BCUT2D eigenvalue weighted by Gasteiger charge is -2.44. The van der Waals surface area contributed by atoms with Gasteiger partial charge in [-0.25, -0.2) is 96.2 Å². The van der Waals surface area contributed by atoms with E-state index in [0.717, 1.165) is 17.0 Å². The maximum Gasteiger partial charge on any atom is 0.227 e. The van der Waals surface area contributed by atoms with Crippen molar-refractivity contribution in [1.82, 2.24) is 0 Å². The smallest absolute Gasteiger partial charge is 0.227 e. The Morgan fingerprint density at radius 2 is 0.691 bits per heavy atom. The third-order valence-electron chi connectivity index (χ3n) is 10.4. The van der Waals surface area contributed by atoms with Crippen LogP contribution in [0.25, 0.3) is 10.8 Å². The average molecular weight is 1010 g/mol. The van der Waals surface area contributed by atoms with Crippen LogP contribution in [-0.2, 0) is 16.4 Å². The number of benzene rings is 6. The van der Waals surface area contributed by atoms with Crippen molar-refractivity contribution >= 4 is 54.4 Å². The van der Waals surface area contributed by atoms with Crippen molar-refractivity contribution in [3.63, 3.8) is 0 Å². The number of Topliss-reactive ketones (excluding diaryl/α,β-unsaturated/α-hetero) is 1. The van der Waals surface area contributed by atoms with E-state index in [4.69, 9.17) is 0 Å². The second-order valence-electron chi connectivity index (χ2n) is 14.3. The minimum Gasteiger partial charge on any atom is -0.287 e. The van der Waals surface area contributed by atoms with Crippen molar-refractivity contribution in [2.45, 2.75) is 11.4 Å². The minimum atomic E-state index is -7.22. The van der Waals surface area contributed by atoms with Gasteiger partial charge in [0.2, 0.25) is 12.3 Å². The number of carbonyl (C=O) groups is 1. The monoisotopic (exact) mass is 1010 g/mol. The van der Waals surface area contributed by atoms with Gasteiger partial charge >= 0.3 is 0 Å². The van der Waals surface area contributed by atoms with E-state index in [-0.39, 0.29) is 17.2 Å². The first-order chi connectivity index (χ1) is 31.6. The highest BCUT2D eigenvalue weighted by Gasteiger charge is 2.52. The molecule has 0 N–H and O–H groups in total. The number of rotatable bonds is 8. The summed E-state index contributed by atoms with van der Waals surface area (Å²) in [7, 11) is -3.24. The Hall–Kier alpha value is -6.99. The zero-order valence-corrected chi connectivity index (χ0v) is 33.6. The van der Waals surface area contributed by atoms with Crippen molar-refractivity contribution in [3.8, 4) is 0 Å². The van der Waals surface area contributed by atoms with E-state index in [1.165, 1.54) is 12.1 Å². The first-order valence-corrected chi connectivity index (χ1v) is 20.0. The summed E-state index contributed by atoms with van der Waals surface area (Å²) in [6.07, 6.45) is -2.27. The summed E-state index contributed by atoms with van der Waals surface area (Å²) >= 11 is 0. The van der Waals surface area contributed by atoms with Crippen molar-refractivity contribution < 1.29 is 106 Å². The third-order valence-corrected chi connectivity index (χ3v) is 11.5. The molecule has 0 aliphatic rings. The summed E-state index contributed by atoms with van der Waals surface area (Å²) in [6.45, 7) is 0.211. The lowest BCUT2D eigenvalue weighted by molar-refractivity contribution is -0.681. The van der Waals surface area contributed by atoms with Gasteiger partial charge in [-0.15, -0.1) is 21.9 Å².